The number of thioether (sulfide) groups is 1. The van der Waals surface area contributed by atoms with E-state index in [-0.39, 0.29) is 28.8 Å². The number of rotatable bonds is 5. The number of imide groups is 1. The van der Waals surface area contributed by atoms with Crippen molar-refractivity contribution in [1.82, 2.24) is 10.6 Å². The first kappa shape index (κ1) is 19.9. The molecule has 0 spiro atoms. The molecule has 28 heavy (non-hydrogen) atoms. The van der Waals surface area contributed by atoms with Crippen molar-refractivity contribution in [3.8, 4) is 0 Å². The largest absolute Gasteiger partial charge is 0.416 e. The Balaban J connectivity index is 1.61. The first-order valence-electron chi connectivity index (χ1n) is 8.28. The monoisotopic (exact) mass is 408 g/mol. The molecule has 0 aromatic heterocycles. The standard InChI is InChI=1S/C19H15F3N2O3S/c20-19(21,22)14-4-2-1-3-13(14)10-23-16(25)12-7-5-11(6-8-12)9-15-17(26)24-18(27)28-15/h1-8,15H,9-10H2,(H,23,25)(H,24,26,27). The lowest BCUT2D eigenvalue weighted by Crippen LogP contribution is -2.25. The lowest BCUT2D eigenvalue weighted by molar-refractivity contribution is -0.138. The summed E-state index contributed by atoms with van der Waals surface area (Å²) >= 11 is 0.917. The normalized spacial score (nSPS) is 16.8. The van der Waals surface area contributed by atoms with E-state index in [0.29, 0.717) is 6.42 Å². The highest BCUT2D eigenvalue weighted by Gasteiger charge is 2.33. The van der Waals surface area contributed by atoms with Crippen LogP contribution in [0.1, 0.15) is 27.0 Å². The Hall–Kier alpha value is -2.81. The minimum absolute atomic E-state index is 0.0195. The molecular formula is C19H15F3N2O3S. The van der Waals surface area contributed by atoms with E-state index in [1.165, 1.54) is 30.3 Å². The molecule has 0 radical (unpaired) electrons. The van der Waals surface area contributed by atoms with Gasteiger partial charge in [0.2, 0.25) is 5.91 Å². The molecular weight excluding hydrogens is 393 g/mol. The van der Waals surface area contributed by atoms with Crippen molar-refractivity contribution < 1.29 is 27.6 Å². The van der Waals surface area contributed by atoms with Crippen LogP contribution >= 0.6 is 11.8 Å². The summed E-state index contributed by atoms with van der Waals surface area (Å²) in [6.45, 7) is -0.253. The van der Waals surface area contributed by atoms with E-state index < -0.39 is 22.9 Å². The molecule has 2 aromatic carbocycles. The van der Waals surface area contributed by atoms with E-state index in [1.807, 2.05) is 0 Å². The van der Waals surface area contributed by atoms with Crippen LogP contribution in [0.15, 0.2) is 48.5 Å². The molecule has 0 bridgehead atoms. The molecule has 3 rings (SSSR count). The topological polar surface area (TPSA) is 75.3 Å². The van der Waals surface area contributed by atoms with Crippen LogP contribution in [-0.4, -0.2) is 22.3 Å². The molecule has 3 amide bonds. The van der Waals surface area contributed by atoms with Gasteiger partial charge in [-0.1, -0.05) is 42.1 Å². The number of amides is 3. The second-order valence-electron chi connectivity index (χ2n) is 6.12. The molecule has 1 aliphatic rings. The maximum atomic E-state index is 13.0. The highest BCUT2D eigenvalue weighted by atomic mass is 32.2. The summed E-state index contributed by atoms with van der Waals surface area (Å²) in [4.78, 5) is 35.0. The van der Waals surface area contributed by atoms with Crippen molar-refractivity contribution >= 4 is 28.8 Å². The summed E-state index contributed by atoms with van der Waals surface area (Å²) in [7, 11) is 0. The maximum Gasteiger partial charge on any atom is 0.416 e. The highest BCUT2D eigenvalue weighted by Crippen LogP contribution is 2.31. The lowest BCUT2D eigenvalue weighted by Gasteiger charge is -2.13. The number of carbonyl (C=O) groups excluding carboxylic acids is 3. The SMILES string of the molecule is O=C1NC(=O)C(Cc2ccc(C(=O)NCc3ccccc3C(F)(F)F)cc2)S1. The van der Waals surface area contributed by atoms with Crippen molar-refractivity contribution in [3.05, 3.63) is 70.8 Å². The van der Waals surface area contributed by atoms with Gasteiger partial charge in [-0.3, -0.25) is 19.7 Å². The zero-order valence-corrected chi connectivity index (χ0v) is 15.2. The van der Waals surface area contributed by atoms with Gasteiger partial charge < -0.3 is 5.32 Å². The van der Waals surface area contributed by atoms with Crippen LogP contribution < -0.4 is 10.6 Å². The van der Waals surface area contributed by atoms with E-state index >= 15 is 0 Å². The van der Waals surface area contributed by atoms with Crippen LogP contribution in [0.25, 0.3) is 0 Å². The van der Waals surface area contributed by atoms with Crippen molar-refractivity contribution in [2.75, 3.05) is 0 Å². The van der Waals surface area contributed by atoms with E-state index in [4.69, 9.17) is 0 Å². The van der Waals surface area contributed by atoms with Crippen LogP contribution in [0.4, 0.5) is 18.0 Å². The Kier molecular flexibility index (Phi) is 5.73. The zero-order valence-electron chi connectivity index (χ0n) is 14.4. The molecule has 1 aliphatic heterocycles. The van der Waals surface area contributed by atoms with Gasteiger partial charge in [-0.2, -0.15) is 13.2 Å². The van der Waals surface area contributed by atoms with Gasteiger partial charge in [0.15, 0.2) is 0 Å². The Morgan fingerprint density at radius 1 is 1.07 bits per heavy atom. The van der Waals surface area contributed by atoms with E-state index in [9.17, 15) is 27.6 Å². The molecule has 146 valence electrons. The van der Waals surface area contributed by atoms with Gasteiger partial charge in [-0.25, -0.2) is 0 Å². The second kappa shape index (κ2) is 8.05. The lowest BCUT2D eigenvalue weighted by atomic mass is 10.1. The van der Waals surface area contributed by atoms with E-state index in [1.54, 1.807) is 12.1 Å². The number of hydrogen-bond donors (Lipinski definition) is 2. The van der Waals surface area contributed by atoms with Gasteiger partial charge >= 0.3 is 6.18 Å². The summed E-state index contributed by atoms with van der Waals surface area (Å²) in [6.07, 6.45) is -4.15. The van der Waals surface area contributed by atoms with Gasteiger partial charge in [0.25, 0.3) is 11.1 Å². The van der Waals surface area contributed by atoms with Gasteiger partial charge in [-0.15, -0.1) is 0 Å². The number of benzene rings is 2. The summed E-state index contributed by atoms with van der Waals surface area (Å²) in [5.74, 6) is -0.855. The number of hydrogen-bond acceptors (Lipinski definition) is 4. The van der Waals surface area contributed by atoms with Gasteiger partial charge in [-0.05, 0) is 35.7 Å². The molecule has 5 nitrogen and oxygen atoms in total. The van der Waals surface area contributed by atoms with Crippen LogP contribution in [0, 0.1) is 0 Å². The van der Waals surface area contributed by atoms with Crippen LogP contribution in [0.2, 0.25) is 0 Å². The average Bonchev–Trinajstić information content (AvgIpc) is 2.96. The molecule has 9 heteroatoms. The summed E-state index contributed by atoms with van der Waals surface area (Å²) in [5.41, 5.74) is 0.246. The van der Waals surface area contributed by atoms with Crippen molar-refractivity contribution in [1.29, 1.82) is 0 Å². The Morgan fingerprint density at radius 2 is 1.75 bits per heavy atom. The van der Waals surface area contributed by atoms with Gasteiger partial charge in [0.05, 0.1) is 10.8 Å². The predicted octanol–water partition coefficient (Wildman–Crippen LogP) is 3.53. The summed E-state index contributed by atoms with van der Waals surface area (Å²) in [6, 6.07) is 11.4. The molecule has 0 saturated carbocycles. The molecule has 1 saturated heterocycles. The molecule has 1 unspecified atom stereocenters. The fourth-order valence-corrected chi connectivity index (χ4v) is 3.62. The molecule has 2 N–H and O–H groups in total. The van der Waals surface area contributed by atoms with Gasteiger partial charge in [0, 0.05) is 12.1 Å². The summed E-state index contributed by atoms with van der Waals surface area (Å²) in [5, 5.41) is 3.79. The minimum Gasteiger partial charge on any atom is -0.348 e. The number of halogens is 3. The quantitative estimate of drug-likeness (QED) is 0.794. The first-order valence-corrected chi connectivity index (χ1v) is 9.16. The third-order valence-corrected chi connectivity index (χ3v) is 5.15. The highest BCUT2D eigenvalue weighted by molar-refractivity contribution is 8.15. The zero-order chi connectivity index (χ0) is 20.3. The molecule has 1 heterocycles. The third kappa shape index (κ3) is 4.72. The van der Waals surface area contributed by atoms with E-state index in [2.05, 4.69) is 10.6 Å². The van der Waals surface area contributed by atoms with Gasteiger partial charge in [0.1, 0.15) is 0 Å². The third-order valence-electron chi connectivity index (χ3n) is 4.17. The molecule has 1 fully saturated rings. The Bertz CT molecular complexity index is 913. The Labute approximate surface area is 162 Å². The van der Waals surface area contributed by atoms with Crippen molar-refractivity contribution in [3.63, 3.8) is 0 Å². The fourth-order valence-electron chi connectivity index (χ4n) is 2.76. The molecule has 2 aromatic rings. The minimum atomic E-state index is -4.49. The average molecular weight is 408 g/mol. The molecule has 1 atom stereocenters. The molecule has 0 aliphatic carbocycles. The van der Waals surface area contributed by atoms with E-state index in [0.717, 1.165) is 23.4 Å². The summed E-state index contributed by atoms with van der Waals surface area (Å²) < 4.78 is 39.0. The second-order valence-corrected chi connectivity index (χ2v) is 7.30. The maximum absolute atomic E-state index is 13.0. The number of carbonyl (C=O) groups is 3. The first-order chi connectivity index (χ1) is 13.2. The van der Waals surface area contributed by atoms with Crippen LogP contribution in [0.3, 0.4) is 0 Å². The number of nitrogens with one attached hydrogen (secondary N) is 2. The van der Waals surface area contributed by atoms with Crippen molar-refractivity contribution in [2.24, 2.45) is 0 Å². The number of alkyl halides is 3. The predicted molar refractivity (Wildman–Crippen MR) is 97.7 cm³/mol. The smallest absolute Gasteiger partial charge is 0.348 e. The van der Waals surface area contributed by atoms with Crippen LogP contribution in [0.5, 0.6) is 0 Å². The van der Waals surface area contributed by atoms with Crippen LogP contribution in [-0.2, 0) is 23.9 Å². The fraction of sp³-hybridized carbons (Fsp3) is 0.211. The Morgan fingerprint density at radius 3 is 2.36 bits per heavy atom. The van der Waals surface area contributed by atoms with Crippen molar-refractivity contribution in [2.45, 2.75) is 24.4 Å².